The average Bonchev–Trinajstić information content (AvgIpc) is 3.12. The van der Waals surface area contributed by atoms with Crippen LogP contribution in [0.25, 0.3) is 0 Å². The molecule has 1 atom stereocenters. The van der Waals surface area contributed by atoms with Crippen molar-refractivity contribution < 1.29 is 37.8 Å². The molecule has 5 rings (SSSR count). The number of amides is 3. The van der Waals surface area contributed by atoms with Gasteiger partial charge in [0.15, 0.2) is 0 Å². The van der Waals surface area contributed by atoms with Crippen molar-refractivity contribution in [2.75, 3.05) is 26.3 Å². The van der Waals surface area contributed by atoms with Gasteiger partial charge in [-0.1, -0.05) is 12.1 Å². The number of nitrogens with one attached hydrogen (secondary N) is 1. The van der Waals surface area contributed by atoms with Gasteiger partial charge >= 0.3 is 0 Å². The molecule has 34 heavy (non-hydrogen) atoms. The zero-order valence-corrected chi connectivity index (χ0v) is 18.0. The molecule has 8 nitrogen and oxygen atoms in total. The molecule has 0 saturated carbocycles. The Bertz CT molecular complexity index is 1440. The van der Waals surface area contributed by atoms with E-state index in [1.54, 1.807) is 0 Å². The first-order valence-corrected chi connectivity index (χ1v) is 10.8. The van der Waals surface area contributed by atoms with Gasteiger partial charge in [0, 0.05) is 45.4 Å². The molecule has 178 valence electrons. The van der Waals surface area contributed by atoms with E-state index < -0.39 is 72.4 Å². The number of fused-ring (bicyclic) bond motifs is 1. The maximum absolute atomic E-state index is 15.0. The van der Waals surface area contributed by atoms with Crippen LogP contribution >= 0.6 is 0 Å². The minimum Gasteiger partial charge on any atom is -0.488 e. The lowest BCUT2D eigenvalue weighted by Crippen LogP contribution is -2.52. The number of piperidine rings is 1. The van der Waals surface area contributed by atoms with Crippen molar-refractivity contribution in [3.8, 4) is 5.75 Å². The monoisotopic (exact) mass is 474 g/mol. The van der Waals surface area contributed by atoms with Gasteiger partial charge in [-0.05, 0) is 36.2 Å². The highest BCUT2D eigenvalue weighted by atomic mass is 19.1. The molecule has 2 saturated heterocycles. The second kappa shape index (κ2) is 9.52. The highest BCUT2D eigenvalue weighted by molar-refractivity contribution is 6.05. The Labute approximate surface area is 206 Å². The Balaban J connectivity index is 1.51. The molecule has 0 aromatic heterocycles. The molecule has 3 aliphatic rings. The number of halogens is 1. The van der Waals surface area contributed by atoms with E-state index in [-0.39, 0.29) is 30.6 Å². The fourth-order valence-corrected chi connectivity index (χ4v) is 3.84. The average molecular weight is 475 g/mol. The summed E-state index contributed by atoms with van der Waals surface area (Å²) in [6, 6.07) is 4.32. The number of hydrogen-bond acceptors (Lipinski definition) is 6. The van der Waals surface area contributed by atoms with Gasteiger partial charge in [-0.3, -0.25) is 24.6 Å². The summed E-state index contributed by atoms with van der Waals surface area (Å²) in [5, 5.41) is 1.95. The summed E-state index contributed by atoms with van der Waals surface area (Å²) in [4.78, 5) is 39.5. The van der Waals surface area contributed by atoms with Crippen LogP contribution in [0.4, 0.5) is 4.39 Å². The van der Waals surface area contributed by atoms with Crippen LogP contribution in [-0.2, 0) is 33.9 Å². The van der Waals surface area contributed by atoms with Crippen molar-refractivity contribution in [1.82, 2.24) is 15.1 Å². The van der Waals surface area contributed by atoms with Crippen molar-refractivity contribution in [2.24, 2.45) is 0 Å². The van der Waals surface area contributed by atoms with Gasteiger partial charge < -0.3 is 14.4 Å². The second-order valence-corrected chi connectivity index (χ2v) is 7.87. The highest BCUT2D eigenvalue weighted by Gasteiger charge is 2.40. The zero-order valence-electron chi connectivity index (χ0n) is 25.0. The molecule has 9 heteroatoms. The van der Waals surface area contributed by atoms with Gasteiger partial charge in [0.25, 0.3) is 5.91 Å². The van der Waals surface area contributed by atoms with Crippen LogP contribution in [0.5, 0.6) is 5.75 Å². The Kier molecular flexibility index (Phi) is 4.36. The first-order chi connectivity index (χ1) is 19.1. The molecule has 0 radical (unpaired) electrons. The first kappa shape index (κ1) is 15.6. The van der Waals surface area contributed by atoms with Gasteiger partial charge in [0.2, 0.25) is 11.8 Å². The Morgan fingerprint density at radius 2 is 2.06 bits per heavy atom. The Morgan fingerprint density at radius 1 is 1.24 bits per heavy atom. The molecular formula is C25H26FN3O5. The standard InChI is InChI=1S/C25H26FN3O5/c26-20-5-4-16(13-28-8-10-33-11-9-28)12-17(20)15-34-22-3-1-2-18-19(22)14-29(25(18)32)21-6-7-23(30)27-24(21)31/h1-5,12,21H,6-11,13-15H2,(H,27,30,31)/i13D2,14D2,15D2,21D. The molecule has 2 aromatic carbocycles. The molecule has 2 aromatic rings. The summed E-state index contributed by atoms with van der Waals surface area (Å²) in [7, 11) is 0. The van der Waals surface area contributed by atoms with Crippen LogP contribution in [0.3, 0.4) is 0 Å². The number of rotatable bonds is 6. The smallest absolute Gasteiger partial charge is 0.255 e. The lowest BCUT2D eigenvalue weighted by atomic mass is 10.0. The van der Waals surface area contributed by atoms with Crippen molar-refractivity contribution in [1.29, 1.82) is 0 Å². The molecule has 0 aliphatic carbocycles. The largest absolute Gasteiger partial charge is 0.488 e. The number of nitrogens with zero attached hydrogens (tertiary/aromatic N) is 2. The number of imide groups is 1. The first-order valence-electron chi connectivity index (χ1n) is 14.3. The van der Waals surface area contributed by atoms with Gasteiger partial charge in [-0.15, -0.1) is 0 Å². The van der Waals surface area contributed by atoms with E-state index in [1.807, 2.05) is 5.32 Å². The van der Waals surface area contributed by atoms with Crippen molar-refractivity contribution in [2.45, 2.75) is 38.4 Å². The third-order valence-electron chi connectivity index (χ3n) is 5.59. The summed E-state index contributed by atoms with van der Waals surface area (Å²) >= 11 is 0. The summed E-state index contributed by atoms with van der Waals surface area (Å²) in [5.74, 6) is -4.40. The summed E-state index contributed by atoms with van der Waals surface area (Å²) in [6.07, 6.45) is -0.762. The second-order valence-electron chi connectivity index (χ2n) is 7.87. The normalized spacial score (nSPS) is 28.4. The third-order valence-corrected chi connectivity index (χ3v) is 5.59. The van der Waals surface area contributed by atoms with Crippen LogP contribution in [0.15, 0.2) is 36.4 Å². The van der Waals surface area contributed by atoms with Crippen molar-refractivity contribution >= 4 is 17.7 Å². The van der Waals surface area contributed by atoms with Gasteiger partial charge in [0.1, 0.15) is 24.1 Å². The minimum absolute atomic E-state index is 0.0349. The van der Waals surface area contributed by atoms with Crippen molar-refractivity contribution in [3.05, 3.63) is 64.5 Å². The fraction of sp³-hybridized carbons (Fsp3) is 0.400. The van der Waals surface area contributed by atoms with Crippen LogP contribution < -0.4 is 10.1 Å². The zero-order chi connectivity index (χ0) is 30.0. The van der Waals surface area contributed by atoms with E-state index >= 15 is 4.39 Å². The van der Waals surface area contributed by atoms with E-state index in [1.165, 1.54) is 29.2 Å². The lowest BCUT2D eigenvalue weighted by molar-refractivity contribution is -0.136. The van der Waals surface area contributed by atoms with Gasteiger partial charge in [0.05, 0.1) is 26.6 Å². The Hall–Kier alpha value is -3.30. The van der Waals surface area contributed by atoms with E-state index in [0.29, 0.717) is 18.1 Å². The number of morpholine rings is 1. The van der Waals surface area contributed by atoms with E-state index in [4.69, 9.17) is 19.1 Å². The van der Waals surface area contributed by atoms with E-state index in [0.717, 1.165) is 12.1 Å². The summed E-state index contributed by atoms with van der Waals surface area (Å²) < 4.78 is 86.2. The quantitative estimate of drug-likeness (QED) is 0.645. The number of benzene rings is 2. The molecule has 1 unspecified atom stereocenters. The predicted molar refractivity (Wildman–Crippen MR) is 119 cm³/mol. The van der Waals surface area contributed by atoms with Gasteiger partial charge in [-0.2, -0.15) is 0 Å². The van der Waals surface area contributed by atoms with Crippen molar-refractivity contribution in [3.63, 3.8) is 0 Å². The molecule has 2 fully saturated rings. The van der Waals surface area contributed by atoms with Gasteiger partial charge in [-0.25, -0.2) is 4.39 Å². The Morgan fingerprint density at radius 3 is 2.85 bits per heavy atom. The predicted octanol–water partition coefficient (Wildman–Crippen LogP) is 2.00. The number of hydrogen-bond donors (Lipinski definition) is 1. The van der Waals surface area contributed by atoms with Crippen LogP contribution in [0.2, 0.25) is 0 Å². The minimum atomic E-state index is -2.98. The molecule has 3 heterocycles. The highest BCUT2D eigenvalue weighted by Crippen LogP contribution is 2.34. The fourth-order valence-electron chi connectivity index (χ4n) is 3.84. The maximum atomic E-state index is 15.0. The number of carbonyl (C=O) groups excluding carboxylic acids is 3. The number of carbonyl (C=O) groups is 3. The topological polar surface area (TPSA) is 88.2 Å². The molecule has 0 spiro atoms. The lowest BCUT2D eigenvalue weighted by Gasteiger charge is -2.29. The molecule has 3 amide bonds. The third kappa shape index (κ3) is 4.53. The molecule has 0 bridgehead atoms. The van der Waals surface area contributed by atoms with Crippen LogP contribution in [0.1, 0.15) is 49.5 Å². The van der Waals surface area contributed by atoms with Crippen LogP contribution in [-0.4, -0.2) is 59.8 Å². The summed E-state index contributed by atoms with van der Waals surface area (Å²) in [6.45, 7) is -6.79. The SMILES string of the molecule is [2H]C([2H])(Oc1cccc2c1C([2H])([2H])N(C1([2H])CCC(=O)NC1=O)C2=O)c1cc(C([2H])([2H])N2CCOCC2)ccc1F. The molecular weight excluding hydrogens is 441 g/mol. The van der Waals surface area contributed by atoms with Crippen LogP contribution in [0, 0.1) is 5.82 Å². The van der Waals surface area contributed by atoms with E-state index in [2.05, 4.69) is 0 Å². The number of ether oxygens (including phenoxy) is 2. The maximum Gasteiger partial charge on any atom is 0.255 e. The van der Waals surface area contributed by atoms with E-state index in [9.17, 15) is 14.4 Å². The molecule has 1 N–H and O–H groups in total. The molecule has 3 aliphatic heterocycles. The summed E-state index contributed by atoms with van der Waals surface area (Å²) in [5.41, 5.74) is -1.45.